The normalized spacial score (nSPS) is 11.1. The van der Waals surface area contributed by atoms with E-state index >= 15 is 0 Å². The molecule has 7 nitrogen and oxygen atoms in total. The highest BCUT2D eigenvalue weighted by Gasteiger charge is 2.38. The molecule has 1 rings (SSSR count). The van der Waals surface area contributed by atoms with Crippen LogP contribution in [0.2, 0.25) is 0 Å². The van der Waals surface area contributed by atoms with Crippen molar-refractivity contribution < 1.29 is 32.7 Å². The zero-order valence-electron chi connectivity index (χ0n) is 8.69. The molecule has 0 amide bonds. The summed E-state index contributed by atoms with van der Waals surface area (Å²) in [4.78, 5) is 23.5. The number of pyridine rings is 1. The molecule has 0 saturated carbocycles. The van der Waals surface area contributed by atoms with Crippen LogP contribution in [0.1, 0.15) is 16.1 Å². The predicted molar refractivity (Wildman–Crippen MR) is 49.3 cm³/mol. The number of aromatic nitrogens is 1. The molecule has 0 radical (unpaired) electrons. The zero-order valence-corrected chi connectivity index (χ0v) is 8.69. The number of nitrogens with zero attached hydrogens (tertiary/aromatic N) is 2. The Morgan fingerprint density at radius 2 is 2.11 bits per heavy atom. The summed E-state index contributed by atoms with van der Waals surface area (Å²) in [5, 5.41) is 19.3. The average molecular weight is 266 g/mol. The molecule has 0 saturated heterocycles. The molecule has 18 heavy (non-hydrogen) atoms. The second kappa shape index (κ2) is 4.47. The van der Waals surface area contributed by atoms with Crippen molar-refractivity contribution in [1.29, 1.82) is 0 Å². The van der Waals surface area contributed by atoms with Crippen LogP contribution < -0.4 is 4.74 Å². The number of ether oxygens (including phenoxy) is 1. The number of hydrogen-bond donors (Lipinski definition) is 1. The molecule has 98 valence electrons. The number of alkyl halides is 3. The largest absolute Gasteiger partial charge is 0.573 e. The number of aryl methyl sites for hydroxylation is 1. The van der Waals surface area contributed by atoms with Crippen LogP contribution in [0.5, 0.6) is 5.75 Å². The number of carbonyl (C=O) groups is 1. The molecule has 1 aromatic rings. The first-order valence-electron chi connectivity index (χ1n) is 4.26. The Labute approximate surface area is 97.0 Å². The minimum absolute atomic E-state index is 0.385. The van der Waals surface area contributed by atoms with Crippen LogP contribution in [0.25, 0.3) is 0 Å². The van der Waals surface area contributed by atoms with Gasteiger partial charge in [-0.2, -0.15) is 0 Å². The number of rotatable bonds is 3. The molecule has 0 aliphatic carbocycles. The summed E-state index contributed by atoms with van der Waals surface area (Å²) in [5.41, 5.74) is -2.55. The smallest absolute Gasteiger partial charge is 0.477 e. The number of aromatic carboxylic acids is 1. The van der Waals surface area contributed by atoms with E-state index in [1.165, 1.54) is 0 Å². The molecule has 1 N–H and O–H groups in total. The average Bonchev–Trinajstić information content (AvgIpc) is 2.13. The van der Waals surface area contributed by atoms with Gasteiger partial charge >= 0.3 is 18.0 Å². The molecule has 0 atom stereocenters. The molecular formula is C8H5F3N2O5. The second-order valence-electron chi connectivity index (χ2n) is 3.05. The van der Waals surface area contributed by atoms with Gasteiger partial charge in [0.2, 0.25) is 5.75 Å². The fraction of sp³-hybridized carbons (Fsp3) is 0.250. The zero-order chi connectivity index (χ0) is 14.1. The summed E-state index contributed by atoms with van der Waals surface area (Å²) < 4.78 is 39.7. The molecule has 10 heteroatoms. The van der Waals surface area contributed by atoms with Crippen molar-refractivity contribution in [1.82, 2.24) is 4.98 Å². The lowest BCUT2D eigenvalue weighted by molar-refractivity contribution is -0.389. The van der Waals surface area contributed by atoms with Gasteiger partial charge in [-0.05, 0) is 6.92 Å². The third kappa shape index (κ3) is 2.84. The number of carboxylic acids is 1. The van der Waals surface area contributed by atoms with Gasteiger partial charge in [0.05, 0.1) is 4.92 Å². The number of hydrogen-bond acceptors (Lipinski definition) is 5. The molecule has 0 unspecified atom stereocenters. The quantitative estimate of drug-likeness (QED) is 0.662. The first-order chi connectivity index (χ1) is 8.13. The Morgan fingerprint density at radius 1 is 1.56 bits per heavy atom. The minimum Gasteiger partial charge on any atom is -0.477 e. The van der Waals surface area contributed by atoms with Gasteiger partial charge in [0.15, 0.2) is 0 Å². The molecule has 0 aromatic carbocycles. The molecule has 0 aliphatic heterocycles. The van der Waals surface area contributed by atoms with Crippen molar-refractivity contribution in [2.24, 2.45) is 0 Å². The summed E-state index contributed by atoms with van der Waals surface area (Å²) >= 11 is 0. The highest BCUT2D eigenvalue weighted by molar-refractivity contribution is 5.92. The van der Waals surface area contributed by atoms with E-state index in [-0.39, 0.29) is 5.69 Å². The van der Waals surface area contributed by atoms with E-state index in [1.54, 1.807) is 0 Å². The van der Waals surface area contributed by atoms with Gasteiger partial charge in [-0.1, -0.05) is 0 Å². The fourth-order valence-corrected chi connectivity index (χ4v) is 1.16. The van der Waals surface area contributed by atoms with Crippen LogP contribution in [0.4, 0.5) is 18.9 Å². The van der Waals surface area contributed by atoms with Crippen molar-refractivity contribution in [2.75, 3.05) is 0 Å². The van der Waals surface area contributed by atoms with Crippen molar-refractivity contribution >= 4 is 11.7 Å². The maximum atomic E-state index is 12.1. The van der Waals surface area contributed by atoms with E-state index in [2.05, 4.69) is 9.72 Å². The SMILES string of the molecule is Cc1ncc(C(=O)O)c(OC(F)(F)F)c1[N+](=O)[O-]. The topological polar surface area (TPSA) is 103 Å². The Kier molecular flexibility index (Phi) is 3.39. The second-order valence-corrected chi connectivity index (χ2v) is 3.05. The van der Waals surface area contributed by atoms with E-state index in [0.29, 0.717) is 6.20 Å². The summed E-state index contributed by atoms with van der Waals surface area (Å²) in [7, 11) is 0. The summed E-state index contributed by atoms with van der Waals surface area (Å²) in [5.74, 6) is -3.20. The van der Waals surface area contributed by atoms with Crippen molar-refractivity contribution in [3.05, 3.63) is 27.6 Å². The Hall–Kier alpha value is -2.39. The van der Waals surface area contributed by atoms with Crippen molar-refractivity contribution in [2.45, 2.75) is 13.3 Å². The first-order valence-corrected chi connectivity index (χ1v) is 4.26. The van der Waals surface area contributed by atoms with E-state index in [4.69, 9.17) is 5.11 Å². The summed E-state index contributed by atoms with van der Waals surface area (Å²) in [6.45, 7) is 1.06. The highest BCUT2D eigenvalue weighted by atomic mass is 19.4. The van der Waals surface area contributed by atoms with Crippen LogP contribution in [-0.4, -0.2) is 27.3 Å². The van der Waals surface area contributed by atoms with Gasteiger partial charge in [0.25, 0.3) is 0 Å². The first kappa shape index (κ1) is 13.7. The number of nitro groups is 1. The van der Waals surface area contributed by atoms with Crippen LogP contribution in [-0.2, 0) is 0 Å². The third-order valence-corrected chi connectivity index (χ3v) is 1.82. The van der Waals surface area contributed by atoms with Crippen LogP contribution in [0, 0.1) is 17.0 Å². The molecular weight excluding hydrogens is 261 g/mol. The van der Waals surface area contributed by atoms with Gasteiger partial charge in [-0.25, -0.2) is 4.79 Å². The van der Waals surface area contributed by atoms with Gasteiger partial charge in [0.1, 0.15) is 11.3 Å². The lowest BCUT2D eigenvalue weighted by Gasteiger charge is -2.11. The van der Waals surface area contributed by atoms with E-state index in [0.717, 1.165) is 6.92 Å². The molecule has 0 bridgehead atoms. The lowest BCUT2D eigenvalue weighted by Crippen LogP contribution is -2.20. The van der Waals surface area contributed by atoms with Crippen molar-refractivity contribution in [3.8, 4) is 5.75 Å². The van der Waals surface area contributed by atoms with E-state index in [9.17, 15) is 28.1 Å². The summed E-state index contributed by atoms with van der Waals surface area (Å²) in [6, 6.07) is 0. The maximum Gasteiger partial charge on any atom is 0.573 e. The maximum absolute atomic E-state index is 12.1. The molecule has 0 fully saturated rings. The van der Waals surface area contributed by atoms with E-state index in [1.807, 2.05) is 0 Å². The predicted octanol–water partition coefficient (Wildman–Crippen LogP) is 1.90. The minimum atomic E-state index is -5.25. The van der Waals surface area contributed by atoms with Crippen LogP contribution >= 0.6 is 0 Å². The monoisotopic (exact) mass is 266 g/mol. The van der Waals surface area contributed by atoms with Crippen LogP contribution in [0.15, 0.2) is 6.20 Å². The van der Waals surface area contributed by atoms with Gasteiger partial charge in [-0.3, -0.25) is 15.1 Å². The third-order valence-electron chi connectivity index (χ3n) is 1.82. The lowest BCUT2D eigenvalue weighted by atomic mass is 10.2. The Balaban J connectivity index is 3.53. The molecule has 0 spiro atoms. The van der Waals surface area contributed by atoms with E-state index < -0.39 is 34.3 Å². The fourth-order valence-electron chi connectivity index (χ4n) is 1.16. The number of halogens is 3. The van der Waals surface area contributed by atoms with Crippen LogP contribution in [0.3, 0.4) is 0 Å². The number of carboxylic acid groups (broad SMARTS) is 1. The standard InChI is InChI=1S/C8H5F3N2O5/c1-3-5(13(16)17)6(18-8(9,10)11)4(2-12-3)7(14)15/h2H,1H3,(H,14,15). The molecule has 1 heterocycles. The van der Waals surface area contributed by atoms with Gasteiger partial charge < -0.3 is 9.84 Å². The highest BCUT2D eigenvalue weighted by Crippen LogP contribution is 2.36. The van der Waals surface area contributed by atoms with Gasteiger partial charge in [0, 0.05) is 6.20 Å². The van der Waals surface area contributed by atoms with Gasteiger partial charge in [-0.15, -0.1) is 13.2 Å². The molecule has 1 aromatic heterocycles. The Morgan fingerprint density at radius 3 is 2.50 bits per heavy atom. The molecule has 0 aliphatic rings. The Bertz CT molecular complexity index is 514. The van der Waals surface area contributed by atoms with Crippen molar-refractivity contribution in [3.63, 3.8) is 0 Å². The summed E-state index contributed by atoms with van der Waals surface area (Å²) in [6.07, 6.45) is -4.69.